The molecule has 1 unspecified atom stereocenters. The van der Waals surface area contributed by atoms with E-state index in [2.05, 4.69) is 4.90 Å². The van der Waals surface area contributed by atoms with E-state index in [0.29, 0.717) is 19.0 Å². The Labute approximate surface area is 123 Å². The van der Waals surface area contributed by atoms with E-state index in [4.69, 9.17) is 10.5 Å². The Kier molecular flexibility index (Phi) is 6.80. The van der Waals surface area contributed by atoms with Crippen LogP contribution in [0.4, 0.5) is 0 Å². The second kappa shape index (κ2) is 8.63. The first-order valence-corrected chi connectivity index (χ1v) is 8.42. The highest BCUT2D eigenvalue weighted by molar-refractivity contribution is 5.77. The van der Waals surface area contributed by atoms with Gasteiger partial charge in [0.1, 0.15) is 0 Å². The molecule has 116 valence electrons. The number of ether oxygens (including phenoxy) is 1. The fourth-order valence-corrected chi connectivity index (χ4v) is 3.46. The highest BCUT2D eigenvalue weighted by Gasteiger charge is 2.27. The first kappa shape index (κ1) is 15.8. The Balaban J connectivity index is 1.91. The predicted molar refractivity (Wildman–Crippen MR) is 80.5 cm³/mol. The van der Waals surface area contributed by atoms with E-state index >= 15 is 0 Å². The van der Waals surface area contributed by atoms with E-state index in [9.17, 15) is 4.79 Å². The van der Waals surface area contributed by atoms with Crippen molar-refractivity contribution in [1.82, 2.24) is 4.90 Å². The summed E-state index contributed by atoms with van der Waals surface area (Å²) in [6, 6.07) is 0.443. The van der Waals surface area contributed by atoms with Gasteiger partial charge >= 0.3 is 0 Å². The van der Waals surface area contributed by atoms with Crippen molar-refractivity contribution in [2.24, 2.45) is 5.73 Å². The highest BCUT2D eigenvalue weighted by atomic mass is 16.5. The Hall–Kier alpha value is -0.610. The van der Waals surface area contributed by atoms with Gasteiger partial charge in [-0.05, 0) is 38.6 Å². The highest BCUT2D eigenvalue weighted by Crippen LogP contribution is 2.24. The Morgan fingerprint density at radius 2 is 1.85 bits per heavy atom. The summed E-state index contributed by atoms with van der Waals surface area (Å²) in [6.45, 7) is 2.31. The summed E-state index contributed by atoms with van der Waals surface area (Å²) in [7, 11) is 0. The van der Waals surface area contributed by atoms with E-state index in [1.54, 1.807) is 0 Å². The van der Waals surface area contributed by atoms with E-state index in [1.807, 2.05) is 0 Å². The number of amides is 1. The topological polar surface area (TPSA) is 55.6 Å². The maximum atomic E-state index is 12.6. The maximum absolute atomic E-state index is 12.6. The Bertz CT molecular complexity index is 282. The third-order valence-electron chi connectivity index (χ3n) is 4.62. The largest absolute Gasteiger partial charge is 0.378 e. The minimum absolute atomic E-state index is 0.161. The Morgan fingerprint density at radius 3 is 2.45 bits per heavy atom. The van der Waals surface area contributed by atoms with Crippen LogP contribution in [0.15, 0.2) is 0 Å². The average molecular weight is 282 g/mol. The molecule has 4 nitrogen and oxygen atoms in total. The average Bonchev–Trinajstić information content (AvgIpc) is 2.80. The lowest BCUT2D eigenvalue weighted by atomic mass is 10.0. The number of carbonyl (C=O) groups excluding carboxylic acids is 1. The number of carbonyl (C=O) groups is 1. The lowest BCUT2D eigenvalue weighted by Crippen LogP contribution is -2.42. The van der Waals surface area contributed by atoms with Crippen molar-refractivity contribution in [2.75, 3.05) is 19.7 Å². The molecule has 20 heavy (non-hydrogen) atoms. The molecule has 1 amide bonds. The fraction of sp³-hybridized carbons (Fsp3) is 0.938. The summed E-state index contributed by atoms with van der Waals surface area (Å²) in [5.41, 5.74) is 5.64. The summed E-state index contributed by atoms with van der Waals surface area (Å²) in [5, 5.41) is 0. The molecule has 0 aromatic rings. The SMILES string of the molecule is NCCCN(C(=O)CC1CCCO1)C1CCCCCC1. The van der Waals surface area contributed by atoms with Gasteiger partial charge in [0.15, 0.2) is 0 Å². The molecule has 1 atom stereocenters. The summed E-state index contributed by atoms with van der Waals surface area (Å²) in [6.07, 6.45) is 11.3. The molecule has 0 radical (unpaired) electrons. The first-order valence-electron chi connectivity index (χ1n) is 8.42. The van der Waals surface area contributed by atoms with Crippen molar-refractivity contribution in [3.8, 4) is 0 Å². The van der Waals surface area contributed by atoms with Crippen molar-refractivity contribution in [3.63, 3.8) is 0 Å². The van der Waals surface area contributed by atoms with Crippen molar-refractivity contribution < 1.29 is 9.53 Å². The van der Waals surface area contributed by atoms with Crippen LogP contribution in [-0.4, -0.2) is 42.6 Å². The molecule has 1 saturated heterocycles. The van der Waals surface area contributed by atoms with Gasteiger partial charge < -0.3 is 15.4 Å². The van der Waals surface area contributed by atoms with Gasteiger partial charge in [0, 0.05) is 19.2 Å². The van der Waals surface area contributed by atoms with Crippen molar-refractivity contribution in [2.45, 2.75) is 76.4 Å². The van der Waals surface area contributed by atoms with Gasteiger partial charge in [0.05, 0.1) is 12.5 Å². The molecule has 0 bridgehead atoms. The lowest BCUT2D eigenvalue weighted by Gasteiger charge is -2.32. The molecule has 1 saturated carbocycles. The van der Waals surface area contributed by atoms with E-state index in [1.165, 1.54) is 38.5 Å². The van der Waals surface area contributed by atoms with Crippen molar-refractivity contribution in [3.05, 3.63) is 0 Å². The molecule has 2 N–H and O–H groups in total. The summed E-state index contributed by atoms with van der Waals surface area (Å²) >= 11 is 0. The van der Waals surface area contributed by atoms with Gasteiger partial charge in [0.25, 0.3) is 0 Å². The van der Waals surface area contributed by atoms with Crippen molar-refractivity contribution in [1.29, 1.82) is 0 Å². The van der Waals surface area contributed by atoms with E-state index in [0.717, 1.165) is 32.4 Å². The number of hydrogen-bond donors (Lipinski definition) is 1. The summed E-state index contributed by atoms with van der Waals surface area (Å²) in [4.78, 5) is 14.7. The second-order valence-electron chi connectivity index (χ2n) is 6.21. The number of rotatable bonds is 6. The molecule has 2 aliphatic rings. The first-order chi connectivity index (χ1) is 9.81. The molecule has 1 aliphatic carbocycles. The van der Waals surface area contributed by atoms with Crippen LogP contribution in [0.2, 0.25) is 0 Å². The van der Waals surface area contributed by atoms with E-state index in [-0.39, 0.29) is 12.0 Å². The molecule has 1 heterocycles. The molecule has 2 rings (SSSR count). The molecule has 0 spiro atoms. The summed E-state index contributed by atoms with van der Waals surface area (Å²) in [5.74, 6) is 0.289. The van der Waals surface area contributed by atoms with Crippen LogP contribution in [0.3, 0.4) is 0 Å². The number of nitrogens with two attached hydrogens (primary N) is 1. The second-order valence-corrected chi connectivity index (χ2v) is 6.21. The molecule has 1 aliphatic heterocycles. The van der Waals surface area contributed by atoms with Gasteiger partial charge in [-0.1, -0.05) is 25.7 Å². The third-order valence-corrected chi connectivity index (χ3v) is 4.62. The quantitative estimate of drug-likeness (QED) is 0.761. The van der Waals surface area contributed by atoms with Crippen LogP contribution >= 0.6 is 0 Å². The van der Waals surface area contributed by atoms with Gasteiger partial charge in [-0.3, -0.25) is 4.79 Å². The normalized spacial score (nSPS) is 24.6. The lowest BCUT2D eigenvalue weighted by molar-refractivity contribution is -0.136. The molecule has 4 heteroatoms. The summed E-state index contributed by atoms with van der Waals surface area (Å²) < 4.78 is 5.62. The van der Waals surface area contributed by atoms with Gasteiger partial charge in [-0.15, -0.1) is 0 Å². The van der Waals surface area contributed by atoms with Crippen LogP contribution < -0.4 is 5.73 Å². The molecule has 2 fully saturated rings. The third kappa shape index (κ3) is 4.74. The number of hydrogen-bond acceptors (Lipinski definition) is 3. The van der Waals surface area contributed by atoms with Gasteiger partial charge in [0.2, 0.25) is 5.91 Å². The minimum Gasteiger partial charge on any atom is -0.378 e. The van der Waals surface area contributed by atoms with Crippen LogP contribution in [0, 0.1) is 0 Å². The van der Waals surface area contributed by atoms with Crippen molar-refractivity contribution >= 4 is 5.91 Å². The van der Waals surface area contributed by atoms with Crippen LogP contribution in [0.1, 0.15) is 64.2 Å². The smallest absolute Gasteiger partial charge is 0.225 e. The van der Waals surface area contributed by atoms with Gasteiger partial charge in [-0.25, -0.2) is 0 Å². The van der Waals surface area contributed by atoms with Gasteiger partial charge in [-0.2, -0.15) is 0 Å². The maximum Gasteiger partial charge on any atom is 0.225 e. The van der Waals surface area contributed by atoms with E-state index < -0.39 is 0 Å². The monoisotopic (exact) mass is 282 g/mol. The minimum atomic E-state index is 0.161. The molecular formula is C16H30N2O2. The zero-order valence-corrected chi connectivity index (χ0v) is 12.7. The molecular weight excluding hydrogens is 252 g/mol. The van der Waals surface area contributed by atoms with Crippen LogP contribution in [0.25, 0.3) is 0 Å². The number of nitrogens with zero attached hydrogens (tertiary/aromatic N) is 1. The Morgan fingerprint density at radius 1 is 1.10 bits per heavy atom. The predicted octanol–water partition coefficient (Wildman–Crippen LogP) is 2.46. The fourth-order valence-electron chi connectivity index (χ4n) is 3.46. The molecule has 0 aromatic carbocycles. The molecule has 0 aromatic heterocycles. The zero-order chi connectivity index (χ0) is 14.2. The van der Waals surface area contributed by atoms with Crippen LogP contribution in [0.5, 0.6) is 0 Å². The van der Waals surface area contributed by atoms with Crippen LogP contribution in [-0.2, 0) is 9.53 Å². The zero-order valence-electron chi connectivity index (χ0n) is 12.7. The standard InChI is InChI=1S/C16H30N2O2/c17-10-6-11-18(14-7-3-1-2-4-8-14)16(19)13-15-9-5-12-20-15/h14-15H,1-13,17H2.